The van der Waals surface area contributed by atoms with Crippen LogP contribution in [0.2, 0.25) is 0 Å². The van der Waals surface area contributed by atoms with Crippen molar-refractivity contribution in [3.63, 3.8) is 0 Å². The molecule has 5 rings (SSSR count). The standard InChI is InChI=1S/C31H48O5/c1-26(2)13-15-30(25(35)36)16-14-28(5)19(21(30)17-26)7-8-23-29(28,6)11-10-22-27(3,4)20(24(33)34)9-12-31(22,23)18-32/h7,20-23,32H,8-18H2,1-6H3,(H,33,34)(H,35,36)/t20-,21?,22?,23?,28+,29+,30-,31+/m0/s1. The third-order valence-electron chi connectivity index (χ3n) is 13.4. The van der Waals surface area contributed by atoms with Crippen LogP contribution in [0.1, 0.15) is 106 Å². The maximum atomic E-state index is 12.8. The molecule has 36 heavy (non-hydrogen) atoms. The lowest BCUT2D eigenvalue weighted by molar-refractivity contribution is -0.217. The molecule has 0 aliphatic heterocycles. The SMILES string of the molecule is CC1(C)CC[C@]2(C(=O)O)CC[C@]3(C)C(=CCC4[C@@]5(CO)CC[C@@H](C(=O)O)C(C)(C)C5CC[C@]43C)C2C1. The quantitative estimate of drug-likeness (QED) is 0.382. The Morgan fingerprint density at radius 1 is 0.889 bits per heavy atom. The molecule has 0 aromatic rings. The van der Waals surface area contributed by atoms with Crippen LogP contribution in [0, 0.1) is 56.2 Å². The minimum Gasteiger partial charge on any atom is -0.481 e. The van der Waals surface area contributed by atoms with Gasteiger partial charge in [0, 0.05) is 12.0 Å². The average molecular weight is 501 g/mol. The van der Waals surface area contributed by atoms with E-state index in [2.05, 4.69) is 47.6 Å². The number of hydrogen-bond acceptors (Lipinski definition) is 3. The molecule has 4 fully saturated rings. The molecule has 4 saturated carbocycles. The van der Waals surface area contributed by atoms with Crippen molar-refractivity contribution in [3.8, 4) is 0 Å². The third-order valence-corrected chi connectivity index (χ3v) is 13.4. The Hall–Kier alpha value is -1.36. The van der Waals surface area contributed by atoms with Crippen LogP contribution in [-0.4, -0.2) is 33.9 Å². The first-order chi connectivity index (χ1) is 16.6. The number of aliphatic carboxylic acids is 2. The van der Waals surface area contributed by atoms with E-state index in [0.717, 1.165) is 57.8 Å². The monoisotopic (exact) mass is 500 g/mol. The molecule has 0 radical (unpaired) electrons. The first-order valence-electron chi connectivity index (χ1n) is 14.4. The number of hydrogen-bond donors (Lipinski definition) is 3. The number of allylic oxidation sites excluding steroid dienone is 2. The highest BCUT2D eigenvalue weighted by molar-refractivity contribution is 5.76. The van der Waals surface area contributed by atoms with Crippen molar-refractivity contribution in [3.05, 3.63) is 11.6 Å². The number of carboxylic acid groups (broad SMARTS) is 2. The van der Waals surface area contributed by atoms with Crippen LogP contribution in [0.15, 0.2) is 11.6 Å². The van der Waals surface area contributed by atoms with Crippen molar-refractivity contribution in [1.82, 2.24) is 0 Å². The van der Waals surface area contributed by atoms with Crippen LogP contribution in [-0.2, 0) is 9.59 Å². The van der Waals surface area contributed by atoms with Gasteiger partial charge in [0.1, 0.15) is 0 Å². The maximum Gasteiger partial charge on any atom is 0.310 e. The average Bonchev–Trinajstić information content (AvgIpc) is 2.78. The molecule has 5 aliphatic carbocycles. The molecule has 8 atom stereocenters. The summed E-state index contributed by atoms with van der Waals surface area (Å²) in [5.74, 6) is -1.14. The number of carboxylic acids is 2. The highest BCUT2D eigenvalue weighted by Crippen LogP contribution is 2.76. The van der Waals surface area contributed by atoms with E-state index in [9.17, 15) is 24.9 Å². The fraction of sp³-hybridized carbons (Fsp3) is 0.871. The molecule has 0 aromatic heterocycles. The molecule has 202 valence electrons. The highest BCUT2D eigenvalue weighted by atomic mass is 16.4. The third kappa shape index (κ3) is 3.10. The van der Waals surface area contributed by atoms with E-state index in [4.69, 9.17) is 0 Å². The van der Waals surface area contributed by atoms with Gasteiger partial charge in [-0.15, -0.1) is 0 Å². The summed E-state index contributed by atoms with van der Waals surface area (Å²) in [7, 11) is 0. The maximum absolute atomic E-state index is 12.8. The van der Waals surface area contributed by atoms with Gasteiger partial charge in [0.15, 0.2) is 0 Å². The molecule has 5 nitrogen and oxygen atoms in total. The van der Waals surface area contributed by atoms with Crippen LogP contribution in [0.25, 0.3) is 0 Å². The minimum atomic E-state index is -0.699. The zero-order valence-electron chi connectivity index (χ0n) is 23.3. The summed E-state index contributed by atoms with van der Waals surface area (Å²) < 4.78 is 0. The Morgan fingerprint density at radius 3 is 2.17 bits per heavy atom. The summed E-state index contributed by atoms with van der Waals surface area (Å²) in [5, 5.41) is 31.6. The largest absolute Gasteiger partial charge is 0.481 e. The molecule has 0 amide bonds. The molecule has 0 spiro atoms. The predicted octanol–water partition coefficient (Wildman–Crippen LogP) is 6.55. The Labute approximate surface area is 217 Å². The molecule has 5 heteroatoms. The van der Waals surface area contributed by atoms with Gasteiger partial charge in [-0.1, -0.05) is 53.2 Å². The van der Waals surface area contributed by atoms with Gasteiger partial charge in [-0.05, 0) is 104 Å². The van der Waals surface area contributed by atoms with E-state index >= 15 is 0 Å². The summed E-state index contributed by atoms with van der Waals surface area (Å²) in [6, 6.07) is 0. The Bertz CT molecular complexity index is 995. The van der Waals surface area contributed by atoms with Crippen LogP contribution >= 0.6 is 0 Å². The van der Waals surface area contributed by atoms with E-state index in [-0.39, 0.29) is 57.4 Å². The van der Waals surface area contributed by atoms with Gasteiger partial charge in [-0.3, -0.25) is 9.59 Å². The lowest BCUT2D eigenvalue weighted by Crippen LogP contribution is -2.66. The summed E-state index contributed by atoms with van der Waals surface area (Å²) in [6.07, 6.45) is 10.9. The van der Waals surface area contributed by atoms with Crippen molar-refractivity contribution in [2.45, 2.75) is 106 Å². The molecule has 0 aromatic carbocycles. The van der Waals surface area contributed by atoms with Gasteiger partial charge < -0.3 is 15.3 Å². The van der Waals surface area contributed by atoms with Gasteiger partial charge in [0.25, 0.3) is 0 Å². The van der Waals surface area contributed by atoms with Crippen molar-refractivity contribution in [2.75, 3.05) is 6.61 Å². The number of fused-ring (bicyclic) bond motifs is 7. The number of aliphatic hydroxyl groups is 1. The predicted molar refractivity (Wildman–Crippen MR) is 139 cm³/mol. The molecule has 3 N–H and O–H groups in total. The zero-order valence-corrected chi connectivity index (χ0v) is 23.3. The first-order valence-corrected chi connectivity index (χ1v) is 14.4. The summed E-state index contributed by atoms with van der Waals surface area (Å²) in [6.45, 7) is 13.8. The fourth-order valence-corrected chi connectivity index (χ4v) is 11.1. The molecule has 0 heterocycles. The van der Waals surface area contributed by atoms with E-state index in [1.54, 1.807) is 0 Å². The zero-order chi connectivity index (χ0) is 26.5. The smallest absolute Gasteiger partial charge is 0.310 e. The molecular weight excluding hydrogens is 452 g/mol. The van der Waals surface area contributed by atoms with E-state index in [1.807, 2.05) is 0 Å². The Morgan fingerprint density at radius 2 is 1.56 bits per heavy atom. The van der Waals surface area contributed by atoms with E-state index in [1.165, 1.54) is 5.57 Å². The van der Waals surface area contributed by atoms with Crippen molar-refractivity contribution in [2.24, 2.45) is 56.2 Å². The Balaban J connectivity index is 1.60. The molecule has 3 unspecified atom stereocenters. The lowest BCUT2D eigenvalue weighted by Gasteiger charge is -2.71. The van der Waals surface area contributed by atoms with Gasteiger partial charge in [-0.2, -0.15) is 0 Å². The normalized spacial score (nSPS) is 48.9. The van der Waals surface area contributed by atoms with Crippen molar-refractivity contribution >= 4 is 11.9 Å². The number of rotatable bonds is 3. The van der Waals surface area contributed by atoms with Crippen LogP contribution in [0.4, 0.5) is 0 Å². The Kier molecular flexibility index (Phi) is 5.71. The highest BCUT2D eigenvalue weighted by Gasteiger charge is 2.70. The molecule has 5 aliphatic rings. The molecule has 0 bridgehead atoms. The topological polar surface area (TPSA) is 94.8 Å². The van der Waals surface area contributed by atoms with Gasteiger partial charge >= 0.3 is 11.9 Å². The summed E-state index contributed by atoms with van der Waals surface area (Å²) >= 11 is 0. The second kappa shape index (κ2) is 7.83. The first kappa shape index (κ1) is 26.3. The number of aliphatic hydroxyl groups excluding tert-OH is 1. The van der Waals surface area contributed by atoms with Crippen LogP contribution in [0.5, 0.6) is 0 Å². The summed E-state index contributed by atoms with van der Waals surface area (Å²) in [5.41, 5.74) is 0.134. The van der Waals surface area contributed by atoms with Gasteiger partial charge in [0.2, 0.25) is 0 Å². The summed E-state index contributed by atoms with van der Waals surface area (Å²) in [4.78, 5) is 25.0. The van der Waals surface area contributed by atoms with E-state index in [0.29, 0.717) is 6.42 Å². The number of carbonyl (C=O) groups is 2. The van der Waals surface area contributed by atoms with Gasteiger partial charge in [-0.25, -0.2) is 0 Å². The fourth-order valence-electron chi connectivity index (χ4n) is 11.1. The van der Waals surface area contributed by atoms with Crippen molar-refractivity contribution < 1.29 is 24.9 Å². The van der Waals surface area contributed by atoms with Gasteiger partial charge in [0.05, 0.1) is 11.3 Å². The molecule has 0 saturated heterocycles. The minimum absolute atomic E-state index is 0.0330. The second-order valence-electron chi connectivity index (χ2n) is 15.3. The van der Waals surface area contributed by atoms with E-state index < -0.39 is 17.4 Å². The lowest BCUT2D eigenvalue weighted by atomic mass is 9.33. The van der Waals surface area contributed by atoms with Crippen LogP contribution in [0.3, 0.4) is 0 Å². The van der Waals surface area contributed by atoms with Crippen molar-refractivity contribution in [1.29, 1.82) is 0 Å². The van der Waals surface area contributed by atoms with Crippen LogP contribution < -0.4 is 0 Å². The molecular formula is C31H48O5. The second-order valence-corrected chi connectivity index (χ2v) is 15.3.